The summed E-state index contributed by atoms with van der Waals surface area (Å²) in [6, 6.07) is 12.2. The first-order valence-corrected chi connectivity index (χ1v) is 9.22. The number of benzene rings is 2. The Labute approximate surface area is 166 Å². The van der Waals surface area contributed by atoms with Gasteiger partial charge in [0.25, 0.3) is 0 Å². The molecule has 0 saturated carbocycles. The Kier molecular flexibility index (Phi) is 7.26. The molecule has 0 radical (unpaired) electrons. The van der Waals surface area contributed by atoms with Gasteiger partial charge in [0.15, 0.2) is 5.11 Å². The molecule has 2 N–H and O–H groups in total. The molecular formula is C20H26ClN3OS. The highest BCUT2D eigenvalue weighted by molar-refractivity contribution is 7.80. The molecule has 1 atom stereocenters. The van der Waals surface area contributed by atoms with Gasteiger partial charge in [-0.05, 0) is 75.1 Å². The average Bonchev–Trinajstić information content (AvgIpc) is 2.58. The summed E-state index contributed by atoms with van der Waals surface area (Å²) in [4.78, 5) is 2.15. The lowest BCUT2D eigenvalue weighted by molar-refractivity contribution is 0.298. The summed E-state index contributed by atoms with van der Waals surface area (Å²) in [5.41, 5.74) is 4.20. The summed E-state index contributed by atoms with van der Waals surface area (Å²) in [5.74, 6) is 0.845. The standard InChI is InChI=1S/C20H26ClN3OS/c1-13-9-14(2)19(17(21)10-13)23-20(26)22-12-18(24(3)4)15-7-6-8-16(11-15)25-5/h6-11,18H,12H2,1-5H3,(H2,22,23,26)/t18-/m0/s1. The summed E-state index contributed by atoms with van der Waals surface area (Å²) in [6.45, 7) is 4.70. The molecule has 0 spiro atoms. The lowest BCUT2D eigenvalue weighted by Gasteiger charge is -2.26. The number of rotatable bonds is 6. The first kappa shape index (κ1) is 20.5. The maximum atomic E-state index is 6.35. The summed E-state index contributed by atoms with van der Waals surface area (Å²) in [7, 11) is 5.77. The van der Waals surface area contributed by atoms with Gasteiger partial charge >= 0.3 is 0 Å². The van der Waals surface area contributed by atoms with Gasteiger partial charge < -0.3 is 20.3 Å². The number of anilines is 1. The van der Waals surface area contributed by atoms with Crippen LogP contribution < -0.4 is 15.4 Å². The SMILES string of the molecule is COc1cccc([C@H](CNC(=S)Nc2c(C)cc(C)cc2Cl)N(C)C)c1. The second-order valence-electron chi connectivity index (χ2n) is 6.53. The quantitative estimate of drug-likeness (QED) is 0.706. The summed E-state index contributed by atoms with van der Waals surface area (Å²) < 4.78 is 5.33. The van der Waals surface area contributed by atoms with Crippen LogP contribution in [0.5, 0.6) is 5.75 Å². The van der Waals surface area contributed by atoms with Crippen LogP contribution in [0.1, 0.15) is 22.7 Å². The van der Waals surface area contributed by atoms with E-state index in [1.165, 1.54) is 0 Å². The van der Waals surface area contributed by atoms with Gasteiger partial charge in [-0.25, -0.2) is 0 Å². The van der Waals surface area contributed by atoms with Gasteiger partial charge in [0.1, 0.15) is 5.75 Å². The van der Waals surface area contributed by atoms with E-state index in [0.29, 0.717) is 16.7 Å². The molecule has 0 aliphatic rings. The van der Waals surface area contributed by atoms with Crippen LogP contribution in [0.3, 0.4) is 0 Å². The molecule has 140 valence electrons. The number of nitrogens with zero attached hydrogens (tertiary/aromatic N) is 1. The third-order valence-corrected chi connectivity index (χ3v) is 4.77. The number of hydrogen-bond donors (Lipinski definition) is 2. The Morgan fingerprint density at radius 2 is 1.96 bits per heavy atom. The van der Waals surface area contributed by atoms with Crippen molar-refractivity contribution in [2.24, 2.45) is 0 Å². The number of ether oxygens (including phenoxy) is 1. The lowest BCUT2D eigenvalue weighted by atomic mass is 10.1. The highest BCUT2D eigenvalue weighted by Crippen LogP contribution is 2.27. The Bertz CT molecular complexity index is 756. The summed E-state index contributed by atoms with van der Waals surface area (Å²) in [5, 5.41) is 7.74. The minimum absolute atomic E-state index is 0.152. The van der Waals surface area contributed by atoms with Crippen LogP contribution in [0.15, 0.2) is 36.4 Å². The van der Waals surface area contributed by atoms with Crippen LogP contribution in [0.4, 0.5) is 5.69 Å². The second-order valence-corrected chi connectivity index (χ2v) is 7.35. The Hall–Kier alpha value is -1.82. The van der Waals surface area contributed by atoms with Gasteiger partial charge in [-0.2, -0.15) is 0 Å². The molecular weight excluding hydrogens is 366 g/mol. The highest BCUT2D eigenvalue weighted by Gasteiger charge is 2.16. The molecule has 0 saturated heterocycles. The Morgan fingerprint density at radius 3 is 2.58 bits per heavy atom. The van der Waals surface area contributed by atoms with Crippen LogP contribution >= 0.6 is 23.8 Å². The van der Waals surface area contributed by atoms with Crippen molar-refractivity contribution < 1.29 is 4.74 Å². The van der Waals surface area contributed by atoms with E-state index in [1.54, 1.807) is 7.11 Å². The normalized spacial score (nSPS) is 12.0. The predicted molar refractivity (Wildman–Crippen MR) is 115 cm³/mol. The van der Waals surface area contributed by atoms with Crippen LogP contribution in [-0.4, -0.2) is 37.8 Å². The van der Waals surface area contributed by atoms with Crippen molar-refractivity contribution in [2.75, 3.05) is 33.1 Å². The van der Waals surface area contributed by atoms with E-state index >= 15 is 0 Å². The van der Waals surface area contributed by atoms with E-state index in [9.17, 15) is 0 Å². The molecule has 0 aliphatic heterocycles. The minimum atomic E-state index is 0.152. The third kappa shape index (κ3) is 5.34. The van der Waals surface area contributed by atoms with E-state index in [2.05, 4.69) is 27.7 Å². The van der Waals surface area contributed by atoms with Crippen molar-refractivity contribution in [2.45, 2.75) is 19.9 Å². The molecule has 4 nitrogen and oxygen atoms in total. The molecule has 2 aromatic carbocycles. The van der Waals surface area contributed by atoms with Gasteiger partial charge in [-0.3, -0.25) is 0 Å². The van der Waals surface area contributed by atoms with Gasteiger partial charge in [0.2, 0.25) is 0 Å². The topological polar surface area (TPSA) is 36.5 Å². The smallest absolute Gasteiger partial charge is 0.170 e. The van der Waals surface area contributed by atoms with Gasteiger partial charge in [-0.15, -0.1) is 0 Å². The minimum Gasteiger partial charge on any atom is -0.497 e. The van der Waals surface area contributed by atoms with Crippen molar-refractivity contribution in [3.05, 3.63) is 58.1 Å². The average molecular weight is 392 g/mol. The van der Waals surface area contributed by atoms with E-state index < -0.39 is 0 Å². The van der Waals surface area contributed by atoms with Gasteiger partial charge in [0.05, 0.1) is 23.9 Å². The van der Waals surface area contributed by atoms with Crippen LogP contribution in [-0.2, 0) is 0 Å². The number of aryl methyl sites for hydroxylation is 2. The monoisotopic (exact) mass is 391 g/mol. The number of likely N-dealkylation sites (N-methyl/N-ethyl adjacent to an activating group) is 1. The first-order chi connectivity index (χ1) is 12.3. The van der Waals surface area contributed by atoms with Crippen molar-refractivity contribution in [3.63, 3.8) is 0 Å². The number of thiocarbonyl (C=S) groups is 1. The summed E-state index contributed by atoms with van der Waals surface area (Å²) >= 11 is 11.8. The number of halogens is 1. The van der Waals surface area contributed by atoms with Crippen molar-refractivity contribution >= 4 is 34.6 Å². The number of nitrogens with one attached hydrogen (secondary N) is 2. The maximum Gasteiger partial charge on any atom is 0.170 e. The van der Waals surface area contributed by atoms with Gasteiger partial charge in [0, 0.05) is 6.54 Å². The molecule has 0 bridgehead atoms. The molecule has 0 fully saturated rings. The van der Waals surface area contributed by atoms with Crippen molar-refractivity contribution in [1.82, 2.24) is 10.2 Å². The third-order valence-electron chi connectivity index (χ3n) is 4.23. The first-order valence-electron chi connectivity index (χ1n) is 8.43. The molecule has 2 aromatic rings. The van der Waals surface area contributed by atoms with Crippen LogP contribution in [0.25, 0.3) is 0 Å². The zero-order valence-corrected chi connectivity index (χ0v) is 17.5. The fourth-order valence-electron chi connectivity index (χ4n) is 2.87. The van der Waals surface area contributed by atoms with Gasteiger partial charge in [-0.1, -0.05) is 29.8 Å². The van der Waals surface area contributed by atoms with Crippen molar-refractivity contribution in [1.29, 1.82) is 0 Å². The predicted octanol–water partition coefficient (Wildman–Crippen LogP) is 4.55. The molecule has 0 heterocycles. The van der Waals surface area contributed by atoms with E-state index in [4.69, 9.17) is 28.6 Å². The zero-order chi connectivity index (χ0) is 19.3. The molecule has 0 amide bonds. The second kappa shape index (κ2) is 9.21. The Morgan fingerprint density at radius 1 is 1.23 bits per heavy atom. The largest absolute Gasteiger partial charge is 0.497 e. The number of methoxy groups -OCH3 is 1. The van der Waals surface area contributed by atoms with E-state index in [-0.39, 0.29) is 6.04 Å². The van der Waals surface area contributed by atoms with Crippen molar-refractivity contribution in [3.8, 4) is 5.75 Å². The van der Waals surface area contributed by atoms with Crippen LogP contribution in [0.2, 0.25) is 5.02 Å². The fourth-order valence-corrected chi connectivity index (χ4v) is 3.42. The molecule has 0 aliphatic carbocycles. The maximum absolute atomic E-state index is 6.35. The van der Waals surface area contributed by atoms with E-state index in [0.717, 1.165) is 28.1 Å². The Balaban J connectivity index is 2.06. The molecule has 26 heavy (non-hydrogen) atoms. The molecule has 2 rings (SSSR count). The summed E-state index contributed by atoms with van der Waals surface area (Å²) in [6.07, 6.45) is 0. The molecule has 0 aromatic heterocycles. The molecule has 6 heteroatoms. The van der Waals surface area contributed by atoms with E-state index in [1.807, 2.05) is 52.2 Å². The zero-order valence-electron chi connectivity index (χ0n) is 15.9. The number of hydrogen-bond acceptors (Lipinski definition) is 3. The molecule has 0 unspecified atom stereocenters. The lowest BCUT2D eigenvalue weighted by Crippen LogP contribution is -2.36. The highest BCUT2D eigenvalue weighted by atomic mass is 35.5. The van der Waals surface area contributed by atoms with Crippen LogP contribution in [0, 0.1) is 13.8 Å². The fraction of sp³-hybridized carbons (Fsp3) is 0.350.